The molecule has 0 bridgehead atoms. The number of hydrogen-bond donors (Lipinski definition) is 1. The van der Waals surface area contributed by atoms with Gasteiger partial charge in [-0.3, -0.25) is 0 Å². The van der Waals surface area contributed by atoms with E-state index < -0.39 is 0 Å². The van der Waals surface area contributed by atoms with Crippen LogP contribution in [0.15, 0.2) is 17.5 Å². The predicted octanol–water partition coefficient (Wildman–Crippen LogP) is 2.37. The molecule has 3 heteroatoms. The van der Waals surface area contributed by atoms with Crippen molar-refractivity contribution >= 4 is 11.3 Å². The van der Waals surface area contributed by atoms with Gasteiger partial charge in [-0.2, -0.15) is 0 Å². The third kappa shape index (κ3) is 2.56. The van der Waals surface area contributed by atoms with Crippen molar-refractivity contribution < 1.29 is 5.11 Å². The first-order valence-electron chi connectivity index (χ1n) is 5.01. The Bertz CT molecular complexity index is 242. The zero-order chi connectivity index (χ0) is 10.6. The molecule has 2 nitrogen and oxygen atoms in total. The highest BCUT2D eigenvalue weighted by atomic mass is 32.1. The van der Waals surface area contributed by atoms with E-state index in [1.807, 2.05) is 0 Å². The van der Waals surface area contributed by atoms with E-state index in [9.17, 15) is 5.11 Å². The number of thiophene rings is 1. The molecule has 1 aromatic rings. The highest BCUT2D eigenvalue weighted by Crippen LogP contribution is 2.31. The van der Waals surface area contributed by atoms with E-state index in [1.54, 1.807) is 11.3 Å². The maximum atomic E-state index is 9.32. The van der Waals surface area contributed by atoms with Gasteiger partial charge in [0.15, 0.2) is 0 Å². The van der Waals surface area contributed by atoms with Crippen LogP contribution in [0.25, 0.3) is 0 Å². The first-order valence-corrected chi connectivity index (χ1v) is 5.89. The quantitative estimate of drug-likeness (QED) is 0.811. The summed E-state index contributed by atoms with van der Waals surface area (Å²) in [6.07, 6.45) is 1.01. The van der Waals surface area contributed by atoms with Crippen molar-refractivity contribution in [2.45, 2.75) is 19.4 Å². The Hall–Kier alpha value is -0.380. The fourth-order valence-corrected chi connectivity index (χ4v) is 2.83. The Morgan fingerprint density at radius 1 is 1.50 bits per heavy atom. The van der Waals surface area contributed by atoms with Gasteiger partial charge in [0.05, 0.1) is 0 Å². The summed E-state index contributed by atoms with van der Waals surface area (Å²) in [4.78, 5) is 3.53. The van der Waals surface area contributed by atoms with Gasteiger partial charge in [0.25, 0.3) is 0 Å². The van der Waals surface area contributed by atoms with Crippen LogP contribution < -0.4 is 0 Å². The molecule has 2 unspecified atom stereocenters. The van der Waals surface area contributed by atoms with Gasteiger partial charge in [0, 0.05) is 23.4 Å². The van der Waals surface area contributed by atoms with Gasteiger partial charge >= 0.3 is 0 Å². The average molecular weight is 213 g/mol. The van der Waals surface area contributed by atoms with Gasteiger partial charge < -0.3 is 10.0 Å². The van der Waals surface area contributed by atoms with Gasteiger partial charge in [-0.25, -0.2) is 0 Å². The molecule has 0 radical (unpaired) electrons. The average Bonchev–Trinajstić information content (AvgIpc) is 2.65. The fraction of sp³-hybridized carbons (Fsp3) is 0.636. The van der Waals surface area contributed by atoms with Crippen molar-refractivity contribution in [2.24, 2.45) is 5.92 Å². The van der Waals surface area contributed by atoms with E-state index in [-0.39, 0.29) is 6.61 Å². The normalized spacial score (nSPS) is 15.8. The van der Waals surface area contributed by atoms with Crippen LogP contribution in [0.2, 0.25) is 0 Å². The summed E-state index contributed by atoms with van der Waals surface area (Å²) in [5, 5.41) is 11.4. The zero-order valence-electron chi connectivity index (χ0n) is 9.10. The van der Waals surface area contributed by atoms with Crippen LogP contribution in [0.4, 0.5) is 0 Å². The number of aliphatic hydroxyl groups is 1. The Kier molecular flexibility index (Phi) is 4.58. The highest BCUT2D eigenvalue weighted by Gasteiger charge is 2.23. The Morgan fingerprint density at radius 2 is 2.21 bits per heavy atom. The van der Waals surface area contributed by atoms with Crippen molar-refractivity contribution in [3.8, 4) is 0 Å². The largest absolute Gasteiger partial charge is 0.396 e. The van der Waals surface area contributed by atoms with Crippen molar-refractivity contribution in [1.29, 1.82) is 0 Å². The second kappa shape index (κ2) is 5.49. The smallest absolute Gasteiger partial charge is 0.0485 e. The molecule has 1 N–H and O–H groups in total. The van der Waals surface area contributed by atoms with Crippen LogP contribution >= 0.6 is 11.3 Å². The highest BCUT2D eigenvalue weighted by molar-refractivity contribution is 7.10. The number of rotatable bonds is 5. The summed E-state index contributed by atoms with van der Waals surface area (Å²) in [5.74, 6) is 0.337. The molecule has 0 saturated heterocycles. The van der Waals surface area contributed by atoms with Gasteiger partial charge in [0.1, 0.15) is 0 Å². The second-order valence-corrected chi connectivity index (χ2v) is 4.75. The third-order valence-corrected chi connectivity index (χ3v) is 3.54. The van der Waals surface area contributed by atoms with Crippen LogP contribution in [0, 0.1) is 5.92 Å². The van der Waals surface area contributed by atoms with Gasteiger partial charge in [-0.05, 0) is 32.0 Å². The maximum Gasteiger partial charge on any atom is 0.0485 e. The van der Waals surface area contributed by atoms with Gasteiger partial charge in [-0.15, -0.1) is 11.3 Å². The molecule has 0 fully saturated rings. The van der Waals surface area contributed by atoms with Crippen LogP contribution in [-0.4, -0.2) is 30.7 Å². The van der Waals surface area contributed by atoms with Crippen molar-refractivity contribution in [2.75, 3.05) is 20.7 Å². The lowest BCUT2D eigenvalue weighted by Gasteiger charge is -2.29. The van der Waals surface area contributed by atoms with Crippen molar-refractivity contribution in [3.05, 3.63) is 22.4 Å². The first-order chi connectivity index (χ1) is 6.70. The monoisotopic (exact) mass is 213 g/mol. The molecule has 0 aliphatic heterocycles. The molecule has 14 heavy (non-hydrogen) atoms. The molecule has 80 valence electrons. The number of hydrogen-bond acceptors (Lipinski definition) is 3. The molecule has 0 aliphatic carbocycles. The van der Waals surface area contributed by atoms with Crippen molar-refractivity contribution in [1.82, 2.24) is 4.90 Å². The summed E-state index contributed by atoms with van der Waals surface area (Å²) < 4.78 is 0. The van der Waals surface area contributed by atoms with E-state index in [4.69, 9.17) is 0 Å². The minimum absolute atomic E-state index is 0.261. The third-order valence-electron chi connectivity index (χ3n) is 2.60. The minimum Gasteiger partial charge on any atom is -0.396 e. The zero-order valence-corrected chi connectivity index (χ0v) is 9.92. The van der Waals surface area contributed by atoms with Gasteiger partial charge in [-0.1, -0.05) is 13.0 Å². The molecule has 1 heterocycles. The van der Waals surface area contributed by atoms with Crippen LogP contribution in [0.5, 0.6) is 0 Å². The first kappa shape index (κ1) is 11.7. The molecule has 0 amide bonds. The van der Waals surface area contributed by atoms with E-state index in [0.29, 0.717) is 12.0 Å². The van der Waals surface area contributed by atoms with E-state index in [0.717, 1.165) is 6.42 Å². The van der Waals surface area contributed by atoms with E-state index >= 15 is 0 Å². The van der Waals surface area contributed by atoms with Crippen LogP contribution in [0.3, 0.4) is 0 Å². The van der Waals surface area contributed by atoms with E-state index in [2.05, 4.69) is 43.4 Å². The standard InChI is InChI=1S/C11H19NOS/c1-4-9(8-13)11(12(2)3)10-6-5-7-14-10/h5-7,9,11,13H,4,8H2,1-3H3. The number of aliphatic hydroxyl groups excluding tert-OH is 1. The Balaban J connectivity index is 2.84. The van der Waals surface area contributed by atoms with Gasteiger partial charge in [0.2, 0.25) is 0 Å². The minimum atomic E-state index is 0.261. The molecule has 0 saturated carbocycles. The SMILES string of the molecule is CCC(CO)C(c1cccs1)N(C)C. The molecular formula is C11H19NOS. The Labute approximate surface area is 90.2 Å². The molecular weight excluding hydrogens is 194 g/mol. The van der Waals surface area contributed by atoms with Crippen LogP contribution in [-0.2, 0) is 0 Å². The molecule has 1 rings (SSSR count). The van der Waals surface area contributed by atoms with Crippen molar-refractivity contribution in [3.63, 3.8) is 0 Å². The lowest BCUT2D eigenvalue weighted by atomic mass is 9.95. The fourth-order valence-electron chi connectivity index (χ4n) is 1.82. The number of nitrogens with zero attached hydrogens (tertiary/aromatic N) is 1. The second-order valence-electron chi connectivity index (χ2n) is 3.77. The molecule has 0 aromatic carbocycles. The summed E-state index contributed by atoms with van der Waals surface area (Å²) in [6.45, 7) is 2.39. The predicted molar refractivity (Wildman–Crippen MR) is 61.6 cm³/mol. The molecule has 0 aliphatic rings. The summed E-state index contributed by atoms with van der Waals surface area (Å²) in [7, 11) is 4.14. The lowest BCUT2D eigenvalue weighted by Crippen LogP contribution is -2.28. The summed E-state index contributed by atoms with van der Waals surface area (Å²) in [5.41, 5.74) is 0. The maximum absolute atomic E-state index is 9.32. The Morgan fingerprint density at radius 3 is 2.57 bits per heavy atom. The van der Waals surface area contributed by atoms with Crippen LogP contribution in [0.1, 0.15) is 24.3 Å². The summed E-state index contributed by atoms with van der Waals surface area (Å²) >= 11 is 1.77. The topological polar surface area (TPSA) is 23.5 Å². The van der Waals surface area contributed by atoms with E-state index in [1.165, 1.54) is 4.88 Å². The molecule has 1 aromatic heterocycles. The summed E-state index contributed by atoms with van der Waals surface area (Å²) in [6, 6.07) is 4.57. The lowest BCUT2D eigenvalue weighted by molar-refractivity contribution is 0.132. The molecule has 2 atom stereocenters. The molecule has 0 spiro atoms.